The first-order valence-electron chi connectivity index (χ1n) is 8.49. The fourth-order valence-corrected chi connectivity index (χ4v) is 2.87. The van der Waals surface area contributed by atoms with Crippen molar-refractivity contribution in [3.63, 3.8) is 0 Å². The van der Waals surface area contributed by atoms with E-state index < -0.39 is 0 Å². The summed E-state index contributed by atoms with van der Waals surface area (Å²) in [6.07, 6.45) is 2.29. The lowest BCUT2D eigenvalue weighted by molar-refractivity contribution is -0.117. The SMILES string of the molecule is COc1ccc(NC(=O)CN(Cc2ccccc2OC)C2CC2)cc1. The van der Waals surface area contributed by atoms with Gasteiger partial charge in [0.25, 0.3) is 0 Å². The van der Waals surface area contributed by atoms with Crippen molar-refractivity contribution in [3.8, 4) is 11.5 Å². The second kappa shape index (κ2) is 8.03. The summed E-state index contributed by atoms with van der Waals surface area (Å²) in [4.78, 5) is 14.7. The molecule has 0 atom stereocenters. The number of ether oxygens (including phenoxy) is 2. The summed E-state index contributed by atoms with van der Waals surface area (Å²) in [7, 11) is 3.30. The van der Waals surface area contributed by atoms with Gasteiger partial charge >= 0.3 is 0 Å². The highest BCUT2D eigenvalue weighted by atomic mass is 16.5. The molecule has 0 aliphatic heterocycles. The Kier molecular flexibility index (Phi) is 5.56. The Balaban J connectivity index is 1.62. The normalized spacial score (nSPS) is 13.6. The highest BCUT2D eigenvalue weighted by molar-refractivity contribution is 5.92. The lowest BCUT2D eigenvalue weighted by Crippen LogP contribution is -2.34. The number of rotatable bonds is 8. The summed E-state index contributed by atoms with van der Waals surface area (Å²) in [6, 6.07) is 15.8. The van der Waals surface area contributed by atoms with E-state index in [1.165, 1.54) is 0 Å². The van der Waals surface area contributed by atoms with Gasteiger partial charge in [0, 0.05) is 23.8 Å². The Hall–Kier alpha value is -2.53. The lowest BCUT2D eigenvalue weighted by Gasteiger charge is -2.22. The number of nitrogens with one attached hydrogen (secondary N) is 1. The molecule has 0 unspecified atom stereocenters. The molecule has 1 aliphatic rings. The fourth-order valence-electron chi connectivity index (χ4n) is 2.87. The van der Waals surface area contributed by atoms with Crippen molar-refractivity contribution in [2.45, 2.75) is 25.4 Å². The van der Waals surface area contributed by atoms with Gasteiger partial charge in [-0.25, -0.2) is 0 Å². The molecule has 0 heterocycles. The number of hydrogen-bond acceptors (Lipinski definition) is 4. The smallest absolute Gasteiger partial charge is 0.238 e. The van der Waals surface area contributed by atoms with Gasteiger partial charge in [0.1, 0.15) is 11.5 Å². The number of hydrogen-bond donors (Lipinski definition) is 1. The van der Waals surface area contributed by atoms with Gasteiger partial charge in [-0.2, -0.15) is 0 Å². The maximum Gasteiger partial charge on any atom is 0.238 e. The average Bonchev–Trinajstić information content (AvgIpc) is 3.47. The van der Waals surface area contributed by atoms with Gasteiger partial charge in [0.15, 0.2) is 0 Å². The number of para-hydroxylation sites is 1. The van der Waals surface area contributed by atoms with Crippen LogP contribution in [0.2, 0.25) is 0 Å². The standard InChI is InChI=1S/C20H24N2O3/c1-24-18-11-7-16(8-12-18)21-20(23)14-22(17-9-10-17)13-15-5-3-4-6-19(15)25-2/h3-8,11-12,17H,9-10,13-14H2,1-2H3,(H,21,23). The van der Waals surface area contributed by atoms with Gasteiger partial charge in [-0.3, -0.25) is 9.69 Å². The largest absolute Gasteiger partial charge is 0.497 e. The molecule has 2 aromatic carbocycles. The Bertz CT molecular complexity index is 711. The lowest BCUT2D eigenvalue weighted by atomic mass is 10.2. The van der Waals surface area contributed by atoms with Crippen molar-refractivity contribution in [2.24, 2.45) is 0 Å². The molecule has 0 saturated heterocycles. The minimum absolute atomic E-state index is 0.00744. The number of amides is 1. The fraction of sp³-hybridized carbons (Fsp3) is 0.350. The number of anilines is 1. The molecule has 1 fully saturated rings. The first kappa shape index (κ1) is 17.3. The van der Waals surface area contributed by atoms with Crippen LogP contribution in [0.25, 0.3) is 0 Å². The van der Waals surface area contributed by atoms with Crippen molar-refractivity contribution < 1.29 is 14.3 Å². The molecule has 2 aromatic rings. The quantitative estimate of drug-likeness (QED) is 0.801. The van der Waals surface area contributed by atoms with Gasteiger partial charge in [-0.05, 0) is 43.2 Å². The first-order valence-corrected chi connectivity index (χ1v) is 8.49. The Morgan fingerprint density at radius 2 is 1.80 bits per heavy atom. The van der Waals surface area contributed by atoms with E-state index >= 15 is 0 Å². The van der Waals surface area contributed by atoms with Crippen LogP contribution in [0.15, 0.2) is 48.5 Å². The summed E-state index contributed by atoms with van der Waals surface area (Å²) < 4.78 is 10.6. The second-order valence-corrected chi connectivity index (χ2v) is 6.22. The minimum atomic E-state index is -0.00744. The zero-order valence-corrected chi connectivity index (χ0v) is 14.7. The zero-order chi connectivity index (χ0) is 17.6. The molecular weight excluding hydrogens is 316 g/mol. The summed E-state index contributed by atoms with van der Waals surface area (Å²) in [6.45, 7) is 1.08. The van der Waals surface area contributed by atoms with Crippen LogP contribution in [0, 0.1) is 0 Å². The number of methoxy groups -OCH3 is 2. The highest BCUT2D eigenvalue weighted by Gasteiger charge is 2.30. The topological polar surface area (TPSA) is 50.8 Å². The molecule has 132 valence electrons. The molecule has 1 aliphatic carbocycles. The third-order valence-corrected chi connectivity index (χ3v) is 4.35. The van der Waals surface area contributed by atoms with Crippen LogP contribution in [-0.2, 0) is 11.3 Å². The third-order valence-electron chi connectivity index (χ3n) is 4.35. The average molecular weight is 340 g/mol. The van der Waals surface area contributed by atoms with Crippen LogP contribution < -0.4 is 14.8 Å². The van der Waals surface area contributed by atoms with E-state index in [0.717, 1.165) is 35.6 Å². The molecular formula is C20H24N2O3. The first-order chi connectivity index (χ1) is 12.2. The summed E-state index contributed by atoms with van der Waals surface area (Å²) in [5.74, 6) is 1.63. The van der Waals surface area contributed by atoms with E-state index in [0.29, 0.717) is 19.1 Å². The van der Waals surface area contributed by atoms with Crippen LogP contribution in [0.3, 0.4) is 0 Å². The summed E-state index contributed by atoms with van der Waals surface area (Å²) in [5, 5.41) is 2.95. The number of carbonyl (C=O) groups excluding carboxylic acids is 1. The van der Waals surface area contributed by atoms with Crippen molar-refractivity contribution in [3.05, 3.63) is 54.1 Å². The van der Waals surface area contributed by atoms with Gasteiger partial charge in [-0.15, -0.1) is 0 Å². The van der Waals surface area contributed by atoms with Crippen LogP contribution in [0.4, 0.5) is 5.69 Å². The molecule has 0 radical (unpaired) electrons. The van der Waals surface area contributed by atoms with Crippen molar-refractivity contribution in [1.29, 1.82) is 0 Å². The Morgan fingerprint density at radius 1 is 1.08 bits per heavy atom. The number of carbonyl (C=O) groups is 1. The summed E-state index contributed by atoms with van der Waals surface area (Å²) >= 11 is 0. The maximum absolute atomic E-state index is 12.4. The van der Waals surface area contributed by atoms with E-state index in [2.05, 4.69) is 16.3 Å². The number of nitrogens with zero attached hydrogens (tertiary/aromatic N) is 1. The monoisotopic (exact) mass is 340 g/mol. The van der Waals surface area contributed by atoms with Gasteiger partial charge in [-0.1, -0.05) is 18.2 Å². The molecule has 1 N–H and O–H groups in total. The van der Waals surface area contributed by atoms with Gasteiger partial charge in [0.05, 0.1) is 20.8 Å². The summed E-state index contributed by atoms with van der Waals surface area (Å²) in [5.41, 5.74) is 1.88. The van der Waals surface area contributed by atoms with Crippen LogP contribution >= 0.6 is 0 Å². The molecule has 25 heavy (non-hydrogen) atoms. The van der Waals surface area contributed by atoms with E-state index in [1.54, 1.807) is 14.2 Å². The zero-order valence-electron chi connectivity index (χ0n) is 14.7. The van der Waals surface area contributed by atoms with Crippen LogP contribution in [-0.4, -0.2) is 37.6 Å². The van der Waals surface area contributed by atoms with Crippen molar-refractivity contribution in [2.75, 3.05) is 26.1 Å². The van der Waals surface area contributed by atoms with Crippen molar-refractivity contribution in [1.82, 2.24) is 4.90 Å². The predicted octanol–water partition coefficient (Wildman–Crippen LogP) is 3.31. The molecule has 5 nitrogen and oxygen atoms in total. The Morgan fingerprint density at radius 3 is 2.44 bits per heavy atom. The molecule has 1 saturated carbocycles. The molecule has 5 heteroatoms. The van der Waals surface area contributed by atoms with Crippen LogP contribution in [0.5, 0.6) is 11.5 Å². The maximum atomic E-state index is 12.4. The van der Waals surface area contributed by atoms with E-state index in [4.69, 9.17) is 9.47 Å². The Labute approximate surface area is 148 Å². The highest BCUT2D eigenvalue weighted by Crippen LogP contribution is 2.30. The van der Waals surface area contributed by atoms with E-state index in [9.17, 15) is 4.79 Å². The van der Waals surface area contributed by atoms with Crippen molar-refractivity contribution >= 4 is 11.6 Å². The molecule has 0 aromatic heterocycles. The number of benzene rings is 2. The predicted molar refractivity (Wildman–Crippen MR) is 98.0 cm³/mol. The van der Waals surface area contributed by atoms with Gasteiger partial charge < -0.3 is 14.8 Å². The van der Waals surface area contributed by atoms with Crippen LogP contribution in [0.1, 0.15) is 18.4 Å². The van der Waals surface area contributed by atoms with E-state index in [1.807, 2.05) is 42.5 Å². The van der Waals surface area contributed by atoms with E-state index in [-0.39, 0.29) is 5.91 Å². The second-order valence-electron chi connectivity index (χ2n) is 6.22. The van der Waals surface area contributed by atoms with Gasteiger partial charge in [0.2, 0.25) is 5.91 Å². The third kappa shape index (κ3) is 4.73. The molecule has 1 amide bonds. The molecule has 3 rings (SSSR count). The molecule has 0 spiro atoms. The molecule has 0 bridgehead atoms. The minimum Gasteiger partial charge on any atom is -0.497 e.